The van der Waals surface area contributed by atoms with Gasteiger partial charge in [-0.15, -0.1) is 0 Å². The van der Waals surface area contributed by atoms with E-state index in [0.29, 0.717) is 22.5 Å². The van der Waals surface area contributed by atoms with E-state index in [2.05, 4.69) is 10.6 Å². The molecule has 0 spiro atoms. The van der Waals surface area contributed by atoms with Crippen LogP contribution in [0, 0.1) is 0 Å². The van der Waals surface area contributed by atoms with E-state index in [1.165, 1.54) is 12.8 Å². The predicted octanol–water partition coefficient (Wildman–Crippen LogP) is 4.02. The molecule has 1 aliphatic carbocycles. The summed E-state index contributed by atoms with van der Waals surface area (Å²) in [4.78, 5) is 25.4. The lowest BCUT2D eigenvalue weighted by atomic mass is 9.87. The number of rotatable bonds is 4. The number of carbonyl (C=O) groups excluding carboxylic acids is 2. The first-order valence-corrected chi connectivity index (χ1v) is 9.86. The Kier molecular flexibility index (Phi) is 5.38. The summed E-state index contributed by atoms with van der Waals surface area (Å²) in [7, 11) is 0. The molecule has 28 heavy (non-hydrogen) atoms. The van der Waals surface area contributed by atoms with Crippen molar-refractivity contribution in [2.45, 2.75) is 37.8 Å². The van der Waals surface area contributed by atoms with Crippen molar-refractivity contribution in [2.24, 2.45) is 0 Å². The third-order valence-electron chi connectivity index (χ3n) is 5.41. The molecule has 2 aromatic rings. The Labute approximate surface area is 165 Å². The van der Waals surface area contributed by atoms with E-state index in [0.717, 1.165) is 12.8 Å². The number of nitrogens with one attached hydrogen (secondary N) is 2. The molecule has 4 rings (SSSR count). The van der Waals surface area contributed by atoms with Crippen molar-refractivity contribution in [1.82, 2.24) is 10.6 Å². The van der Waals surface area contributed by atoms with Gasteiger partial charge in [0.1, 0.15) is 0 Å². The van der Waals surface area contributed by atoms with Crippen molar-refractivity contribution in [3.63, 3.8) is 0 Å². The van der Waals surface area contributed by atoms with E-state index in [-0.39, 0.29) is 23.7 Å². The van der Waals surface area contributed by atoms with Crippen LogP contribution in [0.1, 0.15) is 46.4 Å². The van der Waals surface area contributed by atoms with Crippen LogP contribution in [0.4, 0.5) is 0 Å². The van der Waals surface area contributed by atoms with Crippen LogP contribution in [-0.2, 0) is 0 Å². The summed E-state index contributed by atoms with van der Waals surface area (Å²) < 4.78 is 0. The van der Waals surface area contributed by atoms with Gasteiger partial charge in [0.15, 0.2) is 11.6 Å². The second-order valence-corrected chi connectivity index (χ2v) is 7.36. The molecule has 0 aromatic heterocycles. The first kappa shape index (κ1) is 18.2. The molecule has 4 heteroatoms. The molecule has 2 atom stereocenters. The Hall–Kier alpha value is -3.14. The van der Waals surface area contributed by atoms with Crippen molar-refractivity contribution in [1.29, 1.82) is 0 Å². The molecule has 142 valence electrons. The standard InChI is InChI=1S/C24H24N2O2/c27-23(17-9-3-1-4-10-17)15-21-22(16-24(28)18-11-5-2-6-12-18)26-20-14-8-7-13-19(20)25-21/h1-6,9-12,15-16,19-20,25-26H,7-8,13-14H2. The zero-order valence-electron chi connectivity index (χ0n) is 15.7. The summed E-state index contributed by atoms with van der Waals surface area (Å²) >= 11 is 0. The molecule has 4 nitrogen and oxygen atoms in total. The van der Waals surface area contributed by atoms with Crippen LogP contribution in [0.3, 0.4) is 0 Å². The number of hydrogen-bond acceptors (Lipinski definition) is 4. The summed E-state index contributed by atoms with van der Waals surface area (Å²) in [6, 6.07) is 19.0. The van der Waals surface area contributed by atoms with Gasteiger partial charge in [0.25, 0.3) is 0 Å². The monoisotopic (exact) mass is 372 g/mol. The minimum absolute atomic E-state index is 0.0720. The van der Waals surface area contributed by atoms with E-state index >= 15 is 0 Å². The number of piperazine rings is 1. The fourth-order valence-electron chi connectivity index (χ4n) is 3.90. The van der Waals surface area contributed by atoms with Crippen LogP contribution in [0.15, 0.2) is 84.2 Å². The zero-order valence-corrected chi connectivity index (χ0v) is 15.7. The third-order valence-corrected chi connectivity index (χ3v) is 5.41. The van der Waals surface area contributed by atoms with Crippen LogP contribution in [0.5, 0.6) is 0 Å². The molecule has 0 bridgehead atoms. The molecule has 0 radical (unpaired) electrons. The molecule has 2 unspecified atom stereocenters. The highest BCUT2D eigenvalue weighted by Crippen LogP contribution is 2.26. The van der Waals surface area contributed by atoms with Crippen molar-refractivity contribution in [2.75, 3.05) is 0 Å². The second-order valence-electron chi connectivity index (χ2n) is 7.36. The van der Waals surface area contributed by atoms with Crippen LogP contribution < -0.4 is 10.6 Å². The van der Waals surface area contributed by atoms with E-state index in [1.54, 1.807) is 36.4 Å². The Morgan fingerprint density at radius 1 is 0.679 bits per heavy atom. The Bertz CT molecular complexity index is 839. The summed E-state index contributed by atoms with van der Waals surface area (Å²) in [5, 5.41) is 7.04. The molecule has 1 heterocycles. The van der Waals surface area contributed by atoms with Crippen molar-refractivity contribution in [3.8, 4) is 0 Å². The highest BCUT2D eigenvalue weighted by molar-refractivity contribution is 6.07. The second kappa shape index (κ2) is 8.26. The number of ketones is 2. The van der Waals surface area contributed by atoms with Gasteiger partial charge in [-0.3, -0.25) is 9.59 Å². The minimum atomic E-state index is -0.0720. The van der Waals surface area contributed by atoms with Gasteiger partial charge in [0.2, 0.25) is 0 Å². The third kappa shape index (κ3) is 4.06. The Morgan fingerprint density at radius 3 is 1.46 bits per heavy atom. The van der Waals surface area contributed by atoms with Gasteiger partial charge in [0.05, 0.1) is 11.4 Å². The molecule has 2 aromatic carbocycles. The van der Waals surface area contributed by atoms with E-state index in [4.69, 9.17) is 0 Å². The van der Waals surface area contributed by atoms with E-state index in [1.807, 2.05) is 36.4 Å². The summed E-state index contributed by atoms with van der Waals surface area (Å²) in [5.74, 6) is -0.144. The molecule has 2 N–H and O–H groups in total. The number of benzene rings is 2. The average Bonchev–Trinajstić information content (AvgIpc) is 2.75. The van der Waals surface area contributed by atoms with E-state index < -0.39 is 0 Å². The fourth-order valence-corrected chi connectivity index (χ4v) is 3.90. The van der Waals surface area contributed by atoms with E-state index in [9.17, 15) is 9.59 Å². The Balaban J connectivity index is 1.65. The van der Waals surface area contributed by atoms with Gasteiger partial charge in [0, 0.05) is 35.4 Å². The minimum Gasteiger partial charge on any atom is -0.378 e. The molecule has 2 aliphatic rings. The van der Waals surface area contributed by atoms with Crippen LogP contribution in [0.2, 0.25) is 0 Å². The van der Waals surface area contributed by atoms with Gasteiger partial charge < -0.3 is 10.6 Å². The lowest BCUT2D eigenvalue weighted by Crippen LogP contribution is -2.55. The van der Waals surface area contributed by atoms with Crippen LogP contribution in [0.25, 0.3) is 0 Å². The quantitative estimate of drug-likeness (QED) is 0.629. The lowest BCUT2D eigenvalue weighted by Gasteiger charge is -2.40. The number of allylic oxidation sites excluding steroid dienone is 2. The maximum atomic E-state index is 12.7. The number of hydrogen-bond donors (Lipinski definition) is 2. The number of fused-ring (bicyclic) bond motifs is 1. The largest absolute Gasteiger partial charge is 0.378 e. The van der Waals surface area contributed by atoms with Gasteiger partial charge in [-0.05, 0) is 12.8 Å². The average molecular weight is 372 g/mol. The van der Waals surface area contributed by atoms with Gasteiger partial charge >= 0.3 is 0 Å². The van der Waals surface area contributed by atoms with Crippen molar-refractivity contribution in [3.05, 3.63) is 95.3 Å². The maximum absolute atomic E-state index is 12.7. The summed E-state index contributed by atoms with van der Waals surface area (Å²) in [5.41, 5.74) is 2.66. The predicted molar refractivity (Wildman–Crippen MR) is 110 cm³/mol. The summed E-state index contributed by atoms with van der Waals surface area (Å²) in [6.45, 7) is 0. The zero-order chi connectivity index (χ0) is 19.3. The highest BCUT2D eigenvalue weighted by atomic mass is 16.1. The Morgan fingerprint density at radius 2 is 1.07 bits per heavy atom. The summed E-state index contributed by atoms with van der Waals surface area (Å²) in [6.07, 6.45) is 7.70. The first-order valence-electron chi connectivity index (χ1n) is 9.86. The molecular weight excluding hydrogens is 348 g/mol. The molecule has 1 saturated heterocycles. The number of carbonyl (C=O) groups is 2. The normalized spacial score (nSPS) is 24.1. The first-order chi connectivity index (χ1) is 13.7. The molecule has 2 fully saturated rings. The molecule has 1 saturated carbocycles. The maximum Gasteiger partial charge on any atom is 0.187 e. The molecule has 1 aliphatic heterocycles. The molecule has 0 amide bonds. The van der Waals surface area contributed by atoms with Crippen LogP contribution >= 0.6 is 0 Å². The molecular formula is C24H24N2O2. The van der Waals surface area contributed by atoms with Crippen molar-refractivity contribution < 1.29 is 9.59 Å². The lowest BCUT2D eigenvalue weighted by molar-refractivity contribution is 0.103. The van der Waals surface area contributed by atoms with Crippen LogP contribution in [-0.4, -0.2) is 23.7 Å². The topological polar surface area (TPSA) is 58.2 Å². The van der Waals surface area contributed by atoms with Crippen molar-refractivity contribution >= 4 is 11.6 Å². The van der Waals surface area contributed by atoms with Gasteiger partial charge in [-0.2, -0.15) is 0 Å². The SMILES string of the molecule is O=C(C=C1NC2CCCCC2NC1=CC(=O)c1ccccc1)c1ccccc1. The van der Waals surface area contributed by atoms with Gasteiger partial charge in [-0.25, -0.2) is 0 Å². The van der Waals surface area contributed by atoms with Gasteiger partial charge in [-0.1, -0.05) is 73.5 Å². The smallest absolute Gasteiger partial charge is 0.187 e. The highest BCUT2D eigenvalue weighted by Gasteiger charge is 2.31. The fraction of sp³-hybridized carbons (Fsp3) is 0.250.